The topological polar surface area (TPSA) is 47.3 Å². The Morgan fingerprint density at radius 2 is 2.11 bits per heavy atom. The molecule has 0 spiro atoms. The molecule has 0 unspecified atom stereocenters. The molecule has 1 heterocycles. The fraction of sp³-hybridized carbons (Fsp3) is 0.357. The van der Waals surface area contributed by atoms with E-state index in [1.165, 1.54) is 11.1 Å². The average Bonchev–Trinajstić information content (AvgIpc) is 2.79. The summed E-state index contributed by atoms with van der Waals surface area (Å²) in [6, 6.07) is 5.91. The van der Waals surface area contributed by atoms with E-state index in [1.54, 1.807) is 6.26 Å². The number of rotatable bonds is 5. The van der Waals surface area contributed by atoms with Crippen LogP contribution in [0.1, 0.15) is 23.7 Å². The van der Waals surface area contributed by atoms with E-state index in [9.17, 15) is 0 Å². The number of hydrogen-bond donors (Lipinski definition) is 1. The van der Waals surface area contributed by atoms with Crippen LogP contribution in [-0.4, -0.2) is 11.5 Å². The molecule has 0 saturated carbocycles. The maximum Gasteiger partial charge on any atom is 0.399 e. The molecular formula is C14H18N2O2. The fourth-order valence-electron chi connectivity index (χ4n) is 1.55. The van der Waals surface area contributed by atoms with Gasteiger partial charge in [0.05, 0.1) is 5.69 Å². The van der Waals surface area contributed by atoms with E-state index in [0.717, 1.165) is 18.0 Å². The molecule has 4 heteroatoms. The maximum absolute atomic E-state index is 5.57. The predicted molar refractivity (Wildman–Crippen MR) is 69.9 cm³/mol. The molecule has 0 aliphatic rings. The van der Waals surface area contributed by atoms with Gasteiger partial charge in [-0.2, -0.15) is 4.98 Å². The summed E-state index contributed by atoms with van der Waals surface area (Å²) in [6.45, 7) is 7.76. The summed E-state index contributed by atoms with van der Waals surface area (Å²) in [5, 5.41) is 3.18. The SMILES string of the molecule is CCNCc1coc(Oc2ccc(C)c(C)c2)n1. The molecule has 0 fully saturated rings. The van der Waals surface area contributed by atoms with E-state index >= 15 is 0 Å². The van der Waals surface area contributed by atoms with Crippen LogP contribution in [0.25, 0.3) is 0 Å². The molecule has 0 aliphatic carbocycles. The number of aryl methyl sites for hydroxylation is 2. The van der Waals surface area contributed by atoms with Gasteiger partial charge in [-0.25, -0.2) is 0 Å². The lowest BCUT2D eigenvalue weighted by atomic mass is 10.1. The van der Waals surface area contributed by atoms with Gasteiger partial charge in [0.2, 0.25) is 0 Å². The van der Waals surface area contributed by atoms with Crippen LogP contribution in [0.2, 0.25) is 0 Å². The lowest BCUT2D eigenvalue weighted by Gasteiger charge is -2.03. The lowest BCUT2D eigenvalue weighted by Crippen LogP contribution is -2.11. The van der Waals surface area contributed by atoms with Crippen LogP contribution < -0.4 is 10.1 Å². The molecule has 1 aromatic heterocycles. The molecule has 0 bridgehead atoms. The predicted octanol–water partition coefficient (Wildman–Crippen LogP) is 3.19. The largest absolute Gasteiger partial charge is 0.417 e. The van der Waals surface area contributed by atoms with E-state index in [-0.39, 0.29) is 6.08 Å². The van der Waals surface area contributed by atoms with Crippen LogP contribution in [-0.2, 0) is 6.54 Å². The van der Waals surface area contributed by atoms with Crippen molar-refractivity contribution in [2.24, 2.45) is 0 Å². The number of benzene rings is 1. The Hall–Kier alpha value is -1.81. The molecular weight excluding hydrogens is 228 g/mol. The Morgan fingerprint density at radius 1 is 1.28 bits per heavy atom. The van der Waals surface area contributed by atoms with Crippen LogP contribution >= 0.6 is 0 Å². The smallest absolute Gasteiger partial charge is 0.399 e. The highest BCUT2D eigenvalue weighted by atomic mass is 16.6. The van der Waals surface area contributed by atoms with Gasteiger partial charge in [0, 0.05) is 6.54 Å². The molecule has 0 aliphatic heterocycles. The summed E-state index contributed by atoms with van der Waals surface area (Å²) < 4.78 is 10.8. The third-order valence-corrected chi connectivity index (χ3v) is 2.77. The molecule has 1 aromatic carbocycles. The zero-order valence-corrected chi connectivity index (χ0v) is 11.0. The van der Waals surface area contributed by atoms with Crippen molar-refractivity contribution >= 4 is 0 Å². The molecule has 0 amide bonds. The Balaban J connectivity index is 2.04. The number of hydrogen-bond acceptors (Lipinski definition) is 4. The first-order valence-corrected chi connectivity index (χ1v) is 6.09. The molecule has 2 aromatic rings. The lowest BCUT2D eigenvalue weighted by molar-refractivity contribution is 0.330. The summed E-state index contributed by atoms with van der Waals surface area (Å²) >= 11 is 0. The van der Waals surface area contributed by atoms with Crippen LogP contribution in [0.5, 0.6) is 11.8 Å². The van der Waals surface area contributed by atoms with Crippen LogP contribution in [0.3, 0.4) is 0 Å². The zero-order chi connectivity index (χ0) is 13.0. The van der Waals surface area contributed by atoms with E-state index in [0.29, 0.717) is 6.54 Å². The molecule has 0 saturated heterocycles. The van der Waals surface area contributed by atoms with E-state index in [2.05, 4.69) is 17.2 Å². The van der Waals surface area contributed by atoms with Crippen LogP contribution in [0.15, 0.2) is 28.9 Å². The summed E-state index contributed by atoms with van der Waals surface area (Å²) in [5.74, 6) is 0.745. The first-order valence-electron chi connectivity index (χ1n) is 6.09. The van der Waals surface area contributed by atoms with Gasteiger partial charge >= 0.3 is 6.08 Å². The summed E-state index contributed by atoms with van der Waals surface area (Å²) in [4.78, 5) is 4.24. The van der Waals surface area contributed by atoms with E-state index in [4.69, 9.17) is 9.15 Å². The Kier molecular flexibility index (Phi) is 3.99. The third-order valence-electron chi connectivity index (χ3n) is 2.77. The van der Waals surface area contributed by atoms with Crippen molar-refractivity contribution in [3.8, 4) is 11.8 Å². The number of oxazole rings is 1. The summed E-state index contributed by atoms with van der Waals surface area (Å²) in [7, 11) is 0. The van der Waals surface area contributed by atoms with E-state index < -0.39 is 0 Å². The van der Waals surface area contributed by atoms with Gasteiger partial charge in [-0.15, -0.1) is 0 Å². The Bertz CT molecular complexity index is 520. The molecule has 4 nitrogen and oxygen atoms in total. The van der Waals surface area contributed by atoms with Crippen molar-refractivity contribution in [3.63, 3.8) is 0 Å². The normalized spacial score (nSPS) is 10.6. The summed E-state index contributed by atoms with van der Waals surface area (Å²) in [6.07, 6.45) is 1.89. The van der Waals surface area contributed by atoms with Crippen LogP contribution in [0.4, 0.5) is 0 Å². The minimum atomic E-state index is 0.283. The van der Waals surface area contributed by atoms with Crippen LogP contribution in [0, 0.1) is 13.8 Å². The molecule has 0 atom stereocenters. The highest BCUT2D eigenvalue weighted by molar-refractivity contribution is 5.34. The maximum atomic E-state index is 5.57. The van der Waals surface area contributed by atoms with Gasteiger partial charge in [0.1, 0.15) is 12.0 Å². The molecule has 1 N–H and O–H groups in total. The van der Waals surface area contributed by atoms with Gasteiger partial charge in [0.25, 0.3) is 0 Å². The van der Waals surface area contributed by atoms with Gasteiger partial charge in [-0.05, 0) is 43.7 Å². The van der Waals surface area contributed by atoms with Crippen molar-refractivity contribution in [3.05, 3.63) is 41.3 Å². The standard InChI is InChI=1S/C14H18N2O2/c1-4-15-8-12-9-17-14(16-12)18-13-6-5-10(2)11(3)7-13/h5-7,9,15H,4,8H2,1-3H3. The minimum absolute atomic E-state index is 0.283. The number of ether oxygens (including phenoxy) is 1. The molecule has 96 valence electrons. The highest BCUT2D eigenvalue weighted by Gasteiger charge is 2.06. The van der Waals surface area contributed by atoms with E-state index in [1.807, 2.05) is 32.0 Å². The monoisotopic (exact) mass is 246 g/mol. The van der Waals surface area contributed by atoms with Gasteiger partial charge in [0.15, 0.2) is 0 Å². The number of nitrogens with zero attached hydrogens (tertiary/aromatic N) is 1. The van der Waals surface area contributed by atoms with Crippen molar-refractivity contribution < 1.29 is 9.15 Å². The second kappa shape index (κ2) is 5.69. The van der Waals surface area contributed by atoms with Gasteiger partial charge < -0.3 is 14.5 Å². The summed E-state index contributed by atoms with van der Waals surface area (Å²) in [5.41, 5.74) is 3.27. The first-order chi connectivity index (χ1) is 8.69. The first kappa shape index (κ1) is 12.6. The highest BCUT2D eigenvalue weighted by Crippen LogP contribution is 2.22. The number of aromatic nitrogens is 1. The third kappa shape index (κ3) is 3.11. The Morgan fingerprint density at radius 3 is 2.83 bits per heavy atom. The second-order valence-corrected chi connectivity index (χ2v) is 4.23. The van der Waals surface area contributed by atoms with Crippen molar-refractivity contribution in [2.45, 2.75) is 27.3 Å². The van der Waals surface area contributed by atoms with Crippen molar-refractivity contribution in [1.82, 2.24) is 10.3 Å². The zero-order valence-electron chi connectivity index (χ0n) is 11.0. The minimum Gasteiger partial charge on any atom is -0.417 e. The quantitative estimate of drug-likeness (QED) is 0.880. The Labute approximate surface area is 107 Å². The number of nitrogens with one attached hydrogen (secondary N) is 1. The fourth-order valence-corrected chi connectivity index (χ4v) is 1.55. The molecule has 2 rings (SSSR count). The average molecular weight is 246 g/mol. The van der Waals surface area contributed by atoms with Gasteiger partial charge in [-0.1, -0.05) is 13.0 Å². The molecule has 0 radical (unpaired) electrons. The van der Waals surface area contributed by atoms with Crippen molar-refractivity contribution in [2.75, 3.05) is 6.54 Å². The van der Waals surface area contributed by atoms with Crippen molar-refractivity contribution in [1.29, 1.82) is 0 Å². The molecule has 18 heavy (non-hydrogen) atoms. The second-order valence-electron chi connectivity index (χ2n) is 4.23. The van der Waals surface area contributed by atoms with Gasteiger partial charge in [-0.3, -0.25) is 0 Å².